The highest BCUT2D eigenvalue weighted by Crippen LogP contribution is 2.38. The monoisotopic (exact) mass is 492 g/mol. The zero-order valence-corrected chi connectivity index (χ0v) is 21.5. The number of carbonyl (C=O) groups is 3. The van der Waals surface area contributed by atoms with Gasteiger partial charge in [0.2, 0.25) is 5.91 Å². The van der Waals surface area contributed by atoms with Gasteiger partial charge in [0.15, 0.2) is 0 Å². The third-order valence-electron chi connectivity index (χ3n) is 6.33. The number of fused-ring (bicyclic) bond motifs is 2. The van der Waals surface area contributed by atoms with Crippen molar-refractivity contribution in [2.24, 2.45) is 11.3 Å². The summed E-state index contributed by atoms with van der Waals surface area (Å²) in [4.78, 5) is 40.8. The predicted molar refractivity (Wildman–Crippen MR) is 140 cm³/mol. The van der Waals surface area contributed by atoms with Crippen molar-refractivity contribution in [3.8, 4) is 0 Å². The van der Waals surface area contributed by atoms with Gasteiger partial charge in [-0.15, -0.1) is 11.3 Å². The Morgan fingerprint density at radius 3 is 2.54 bits per heavy atom. The number of rotatable bonds is 6. The van der Waals surface area contributed by atoms with Gasteiger partial charge in [-0.3, -0.25) is 9.59 Å². The zero-order valence-electron chi connectivity index (χ0n) is 20.7. The Labute approximate surface area is 210 Å². The maximum Gasteiger partial charge on any atom is 0.339 e. The summed E-state index contributed by atoms with van der Waals surface area (Å²) in [6.07, 6.45) is 1.68. The first-order chi connectivity index (χ1) is 16.5. The van der Waals surface area contributed by atoms with Crippen LogP contribution in [-0.4, -0.2) is 34.3 Å². The first-order valence-electron chi connectivity index (χ1n) is 12.0. The van der Waals surface area contributed by atoms with E-state index in [9.17, 15) is 19.5 Å². The Morgan fingerprint density at radius 2 is 1.83 bits per heavy atom. The van der Waals surface area contributed by atoms with Crippen LogP contribution < -0.4 is 5.32 Å². The molecule has 0 fully saturated rings. The fraction of sp³-hybridized carbons (Fsp3) is 0.393. The van der Waals surface area contributed by atoms with Gasteiger partial charge in [-0.05, 0) is 46.6 Å². The highest BCUT2D eigenvalue weighted by atomic mass is 32.1. The number of nitrogens with zero attached hydrogens (tertiary/aromatic N) is 1. The van der Waals surface area contributed by atoms with E-state index in [0.717, 1.165) is 27.6 Å². The molecule has 1 unspecified atom stereocenters. The molecule has 0 bridgehead atoms. The van der Waals surface area contributed by atoms with E-state index < -0.39 is 5.97 Å². The van der Waals surface area contributed by atoms with Crippen molar-refractivity contribution < 1.29 is 19.5 Å². The van der Waals surface area contributed by atoms with E-state index in [1.807, 2.05) is 49.4 Å². The molecule has 0 spiro atoms. The van der Waals surface area contributed by atoms with Gasteiger partial charge >= 0.3 is 5.97 Å². The van der Waals surface area contributed by atoms with E-state index in [1.165, 1.54) is 11.3 Å². The highest BCUT2D eigenvalue weighted by molar-refractivity contribution is 7.17. The van der Waals surface area contributed by atoms with Gasteiger partial charge < -0.3 is 15.3 Å². The van der Waals surface area contributed by atoms with E-state index in [0.29, 0.717) is 36.5 Å². The van der Waals surface area contributed by atoms with Crippen LogP contribution in [-0.2, 0) is 17.8 Å². The molecule has 0 aliphatic carbocycles. The smallest absolute Gasteiger partial charge is 0.339 e. The fourth-order valence-corrected chi connectivity index (χ4v) is 6.36. The zero-order chi connectivity index (χ0) is 25.3. The van der Waals surface area contributed by atoms with E-state index in [1.54, 1.807) is 4.90 Å². The van der Waals surface area contributed by atoms with E-state index in [-0.39, 0.29) is 28.7 Å². The largest absolute Gasteiger partial charge is 0.478 e. The Bertz CT molecular complexity index is 1280. The topological polar surface area (TPSA) is 86.7 Å². The number of carboxylic acids is 1. The molecule has 35 heavy (non-hydrogen) atoms. The summed E-state index contributed by atoms with van der Waals surface area (Å²) < 4.78 is 0. The maximum atomic E-state index is 13.4. The van der Waals surface area contributed by atoms with E-state index in [4.69, 9.17) is 0 Å². The second-order valence-corrected chi connectivity index (χ2v) is 11.7. The summed E-state index contributed by atoms with van der Waals surface area (Å²) in [6.45, 7) is 9.23. The summed E-state index contributed by atoms with van der Waals surface area (Å²) in [7, 11) is 0. The molecule has 2 N–H and O–H groups in total. The van der Waals surface area contributed by atoms with Crippen molar-refractivity contribution >= 4 is 44.9 Å². The predicted octanol–water partition coefficient (Wildman–Crippen LogP) is 6.20. The van der Waals surface area contributed by atoms with Crippen LogP contribution in [0.2, 0.25) is 0 Å². The summed E-state index contributed by atoms with van der Waals surface area (Å²) in [5, 5.41) is 15.0. The molecule has 0 radical (unpaired) electrons. The number of nitrogens with one attached hydrogen (secondary N) is 1. The quantitative estimate of drug-likeness (QED) is 0.429. The van der Waals surface area contributed by atoms with E-state index in [2.05, 4.69) is 26.1 Å². The van der Waals surface area contributed by atoms with Gasteiger partial charge in [-0.1, -0.05) is 64.1 Å². The van der Waals surface area contributed by atoms with Crippen LogP contribution in [0.1, 0.15) is 71.7 Å². The minimum atomic E-state index is -1.05. The van der Waals surface area contributed by atoms with E-state index >= 15 is 0 Å². The van der Waals surface area contributed by atoms with Crippen LogP contribution >= 0.6 is 11.3 Å². The lowest BCUT2D eigenvalue weighted by Gasteiger charge is -2.27. The maximum absolute atomic E-state index is 13.4. The number of hydrogen-bond acceptors (Lipinski definition) is 4. The van der Waals surface area contributed by atoms with Crippen molar-refractivity contribution in [3.05, 3.63) is 64.0 Å². The van der Waals surface area contributed by atoms with Crippen molar-refractivity contribution in [1.29, 1.82) is 0 Å². The number of benzene rings is 2. The molecule has 2 aromatic carbocycles. The molecule has 4 rings (SSSR count). The summed E-state index contributed by atoms with van der Waals surface area (Å²) in [5.41, 5.74) is 1.65. The van der Waals surface area contributed by atoms with Crippen molar-refractivity contribution in [2.45, 2.75) is 53.5 Å². The Morgan fingerprint density at radius 1 is 1.11 bits per heavy atom. The number of hydrogen-bond donors (Lipinski definition) is 2. The normalized spacial score (nSPS) is 14.5. The van der Waals surface area contributed by atoms with Crippen LogP contribution in [0.5, 0.6) is 0 Å². The fourth-order valence-electron chi connectivity index (χ4n) is 5.09. The minimum absolute atomic E-state index is 0.0701. The Balaban J connectivity index is 1.54. The van der Waals surface area contributed by atoms with Crippen molar-refractivity contribution in [3.63, 3.8) is 0 Å². The molecule has 1 atom stereocenters. The average molecular weight is 493 g/mol. The molecule has 0 saturated carbocycles. The van der Waals surface area contributed by atoms with Crippen LogP contribution in [0.4, 0.5) is 5.00 Å². The second kappa shape index (κ2) is 9.82. The molecule has 1 aromatic heterocycles. The van der Waals surface area contributed by atoms with Gasteiger partial charge in [0.25, 0.3) is 5.91 Å². The molecule has 3 aromatic rings. The van der Waals surface area contributed by atoms with Crippen molar-refractivity contribution in [2.75, 3.05) is 11.9 Å². The molecule has 1 aliphatic rings. The second-order valence-electron chi connectivity index (χ2n) is 10.6. The van der Waals surface area contributed by atoms with Crippen LogP contribution in [0.15, 0.2) is 42.5 Å². The van der Waals surface area contributed by atoms with Crippen LogP contribution in [0.25, 0.3) is 10.8 Å². The standard InChI is InChI=1S/C28H32N2O4S/c1-17(15-28(2,3)4)14-23(31)29-25-24(27(33)34)21-12-13-30(16-22(21)35-25)26(32)20-11-7-9-18-8-5-6-10-19(18)20/h5-11,17H,12-16H2,1-4H3,(H,29,31)(H,33,34). The third-order valence-corrected chi connectivity index (χ3v) is 7.46. The molecule has 0 saturated heterocycles. The minimum Gasteiger partial charge on any atom is -0.478 e. The number of thiophene rings is 1. The Kier molecular flexibility index (Phi) is 6.99. The summed E-state index contributed by atoms with van der Waals surface area (Å²) in [5.74, 6) is -1.10. The molecule has 2 heterocycles. The third kappa shape index (κ3) is 5.56. The van der Waals surface area contributed by atoms with Gasteiger partial charge in [0, 0.05) is 23.4 Å². The summed E-state index contributed by atoms with van der Waals surface area (Å²) >= 11 is 1.27. The lowest BCUT2D eigenvalue weighted by molar-refractivity contribution is -0.117. The van der Waals surface area contributed by atoms with Crippen molar-refractivity contribution in [1.82, 2.24) is 4.90 Å². The molecule has 7 heteroatoms. The van der Waals surface area contributed by atoms with Gasteiger partial charge in [-0.25, -0.2) is 4.79 Å². The Hall–Kier alpha value is -3.19. The number of carbonyl (C=O) groups excluding carboxylic acids is 2. The lowest BCUT2D eigenvalue weighted by Crippen LogP contribution is -2.35. The van der Waals surface area contributed by atoms with Gasteiger partial charge in [0.05, 0.1) is 12.1 Å². The first-order valence-corrected chi connectivity index (χ1v) is 12.8. The number of aromatic carboxylic acids is 1. The number of carboxylic acid groups (broad SMARTS) is 1. The van der Waals surface area contributed by atoms with Crippen LogP contribution in [0, 0.1) is 11.3 Å². The first kappa shape index (κ1) is 24.9. The summed E-state index contributed by atoms with van der Waals surface area (Å²) in [6, 6.07) is 13.5. The number of anilines is 1. The highest BCUT2D eigenvalue weighted by Gasteiger charge is 2.31. The molecule has 6 nitrogen and oxygen atoms in total. The molecule has 1 aliphatic heterocycles. The SMILES string of the molecule is CC(CC(=O)Nc1sc2c(c1C(=O)O)CCN(C(=O)c1cccc3ccccc13)C2)CC(C)(C)C. The molecule has 184 valence electrons. The van der Waals surface area contributed by atoms with Gasteiger partial charge in [0.1, 0.15) is 5.00 Å². The van der Waals surface area contributed by atoms with Gasteiger partial charge in [-0.2, -0.15) is 0 Å². The average Bonchev–Trinajstić information content (AvgIpc) is 3.13. The lowest BCUT2D eigenvalue weighted by atomic mass is 9.84. The number of amides is 2. The molecular weight excluding hydrogens is 460 g/mol. The van der Waals surface area contributed by atoms with Crippen LogP contribution in [0.3, 0.4) is 0 Å². The molecular formula is C28H32N2O4S. The molecule has 2 amide bonds.